The van der Waals surface area contributed by atoms with E-state index in [2.05, 4.69) is 15.6 Å². The highest BCUT2D eigenvalue weighted by molar-refractivity contribution is 6.01. The third-order valence-electron chi connectivity index (χ3n) is 5.19. The minimum Gasteiger partial charge on any atom is -0.390 e. The van der Waals surface area contributed by atoms with Crippen LogP contribution in [0.15, 0.2) is 16.8 Å². The van der Waals surface area contributed by atoms with E-state index in [4.69, 9.17) is 10.5 Å². The number of epoxide rings is 1. The first-order valence-electron chi connectivity index (χ1n) is 7.61. The van der Waals surface area contributed by atoms with Crippen molar-refractivity contribution in [3.05, 3.63) is 11.8 Å². The third kappa shape index (κ3) is 1.94. The maximum atomic E-state index is 12.2. The number of carbonyl (C=O) groups is 1. The van der Waals surface area contributed by atoms with Crippen LogP contribution in [-0.4, -0.2) is 66.0 Å². The molecule has 0 spiro atoms. The van der Waals surface area contributed by atoms with Crippen LogP contribution in [0.2, 0.25) is 0 Å². The molecule has 1 saturated heterocycles. The van der Waals surface area contributed by atoms with E-state index in [1.165, 1.54) is 0 Å². The fourth-order valence-corrected chi connectivity index (χ4v) is 3.90. The fourth-order valence-electron chi connectivity index (χ4n) is 3.90. The van der Waals surface area contributed by atoms with Crippen LogP contribution in [-0.2, 0) is 9.53 Å². The zero-order valence-corrected chi connectivity index (χ0v) is 12.6. The van der Waals surface area contributed by atoms with Crippen LogP contribution >= 0.6 is 0 Å². The predicted molar refractivity (Wildman–Crippen MR) is 78.5 cm³/mol. The Balaban J connectivity index is 1.45. The Morgan fingerprint density at radius 2 is 2.32 bits per heavy atom. The van der Waals surface area contributed by atoms with Crippen LogP contribution in [0, 0.1) is 11.8 Å². The van der Waals surface area contributed by atoms with Crippen molar-refractivity contribution in [3.63, 3.8) is 0 Å². The topological polar surface area (TPSA) is 116 Å². The van der Waals surface area contributed by atoms with Gasteiger partial charge < -0.3 is 25.8 Å². The Kier molecular flexibility index (Phi) is 2.97. The molecule has 0 radical (unpaired) electrons. The number of guanidine groups is 1. The molecule has 22 heavy (non-hydrogen) atoms. The van der Waals surface area contributed by atoms with Gasteiger partial charge in [-0.15, -0.1) is 0 Å². The summed E-state index contributed by atoms with van der Waals surface area (Å²) in [5, 5.41) is 16.0. The number of nitrogens with one attached hydrogen (secondary N) is 2. The number of aliphatic imine (C=N–C) groups is 1. The average molecular weight is 307 g/mol. The molecule has 4 aliphatic rings. The first-order valence-corrected chi connectivity index (χ1v) is 7.61. The molecule has 8 heteroatoms. The number of ether oxygens (including phenoxy) is 1. The normalized spacial score (nSPS) is 45.9. The van der Waals surface area contributed by atoms with Crippen LogP contribution in [0.3, 0.4) is 0 Å². The highest BCUT2D eigenvalue weighted by Gasteiger charge is 2.60. The van der Waals surface area contributed by atoms with Crippen LogP contribution in [0.25, 0.3) is 0 Å². The number of fused-ring (bicyclic) bond motifs is 2. The van der Waals surface area contributed by atoms with Gasteiger partial charge in [0, 0.05) is 31.8 Å². The maximum absolute atomic E-state index is 12.2. The summed E-state index contributed by atoms with van der Waals surface area (Å²) in [6.45, 7) is 2.59. The minimum atomic E-state index is -0.405. The summed E-state index contributed by atoms with van der Waals surface area (Å²) in [5.74, 6) is -0.118. The van der Waals surface area contributed by atoms with E-state index in [9.17, 15) is 9.90 Å². The molecule has 3 aliphatic heterocycles. The van der Waals surface area contributed by atoms with Gasteiger partial charge in [0.2, 0.25) is 5.91 Å². The molecule has 0 aromatic carbocycles. The van der Waals surface area contributed by atoms with Crippen LogP contribution in [0.5, 0.6) is 0 Å². The summed E-state index contributed by atoms with van der Waals surface area (Å²) in [6.07, 6.45) is 1.35. The highest BCUT2D eigenvalue weighted by Crippen LogP contribution is 2.42. The van der Waals surface area contributed by atoms with E-state index in [0.29, 0.717) is 6.54 Å². The van der Waals surface area contributed by atoms with Gasteiger partial charge in [0.15, 0.2) is 5.96 Å². The molecule has 1 saturated carbocycles. The summed E-state index contributed by atoms with van der Waals surface area (Å²) in [6, 6.07) is 0.116. The van der Waals surface area contributed by atoms with E-state index in [0.717, 1.165) is 5.57 Å². The molecule has 3 heterocycles. The van der Waals surface area contributed by atoms with Gasteiger partial charge >= 0.3 is 0 Å². The Morgan fingerprint density at radius 3 is 3.00 bits per heavy atom. The lowest BCUT2D eigenvalue weighted by Gasteiger charge is -2.28. The molecule has 7 atom stereocenters. The lowest BCUT2D eigenvalue weighted by Crippen LogP contribution is -2.51. The van der Waals surface area contributed by atoms with Crippen molar-refractivity contribution < 1.29 is 14.6 Å². The summed E-state index contributed by atoms with van der Waals surface area (Å²) in [5.41, 5.74) is 6.61. The molecule has 4 rings (SSSR count). The second-order valence-electron chi connectivity index (χ2n) is 6.59. The highest BCUT2D eigenvalue weighted by atomic mass is 16.6. The quantitative estimate of drug-likeness (QED) is 0.446. The minimum absolute atomic E-state index is 0.0251. The van der Waals surface area contributed by atoms with Gasteiger partial charge in [-0.25, -0.2) is 4.99 Å². The Labute approximate surface area is 128 Å². The standard InChI is InChI=1S/C14H21N5O3/c1-5-8(10-11(22-10)9(5)20)16-3-6-4-19(2)12-7(6)13(21)18-14(15)17-12/h4-5,7-12,16,20H,3H2,1-2H3,(H3,15,17,18,21). The van der Waals surface area contributed by atoms with Crippen molar-refractivity contribution >= 4 is 11.9 Å². The predicted octanol–water partition coefficient (Wildman–Crippen LogP) is -2.06. The Hall–Kier alpha value is -1.64. The zero-order chi connectivity index (χ0) is 15.6. The number of aliphatic hydroxyl groups is 1. The molecule has 1 aliphatic carbocycles. The van der Waals surface area contributed by atoms with Crippen LogP contribution in [0.4, 0.5) is 0 Å². The van der Waals surface area contributed by atoms with Crippen molar-refractivity contribution in [1.29, 1.82) is 0 Å². The number of hydrogen-bond donors (Lipinski definition) is 4. The zero-order valence-electron chi connectivity index (χ0n) is 12.6. The summed E-state index contributed by atoms with van der Waals surface area (Å²) >= 11 is 0. The Bertz CT molecular complexity index is 577. The number of rotatable bonds is 3. The second-order valence-corrected chi connectivity index (χ2v) is 6.59. The molecule has 1 amide bonds. The fraction of sp³-hybridized carbons (Fsp3) is 0.714. The number of hydrogen-bond acceptors (Lipinski definition) is 7. The van der Waals surface area contributed by atoms with Crippen molar-refractivity contribution in [1.82, 2.24) is 15.5 Å². The van der Waals surface area contributed by atoms with Gasteiger partial charge in [0.25, 0.3) is 0 Å². The molecule has 2 fully saturated rings. The largest absolute Gasteiger partial charge is 0.390 e. The summed E-state index contributed by atoms with van der Waals surface area (Å²) < 4.78 is 5.47. The summed E-state index contributed by atoms with van der Waals surface area (Å²) in [4.78, 5) is 18.4. The van der Waals surface area contributed by atoms with Gasteiger partial charge in [-0.3, -0.25) is 10.1 Å². The van der Waals surface area contributed by atoms with Crippen molar-refractivity contribution in [2.24, 2.45) is 22.6 Å². The molecule has 0 aromatic rings. The average Bonchev–Trinajstić information content (AvgIpc) is 3.12. The van der Waals surface area contributed by atoms with Crippen molar-refractivity contribution in [2.75, 3.05) is 13.6 Å². The molecule has 0 aromatic heterocycles. The van der Waals surface area contributed by atoms with E-state index >= 15 is 0 Å². The summed E-state index contributed by atoms with van der Waals surface area (Å²) in [7, 11) is 1.89. The number of nitrogens with zero attached hydrogens (tertiary/aromatic N) is 2. The molecule has 5 N–H and O–H groups in total. The number of amides is 1. The van der Waals surface area contributed by atoms with Gasteiger partial charge in [-0.2, -0.15) is 0 Å². The number of carbonyl (C=O) groups excluding carboxylic acids is 1. The van der Waals surface area contributed by atoms with Gasteiger partial charge in [0.1, 0.15) is 24.3 Å². The molecular weight excluding hydrogens is 286 g/mol. The first kappa shape index (κ1) is 14.0. The maximum Gasteiger partial charge on any atom is 0.238 e. The molecule has 7 unspecified atom stereocenters. The smallest absolute Gasteiger partial charge is 0.238 e. The number of nitrogens with two attached hydrogens (primary N) is 1. The van der Waals surface area contributed by atoms with Gasteiger partial charge in [-0.1, -0.05) is 6.92 Å². The van der Waals surface area contributed by atoms with Gasteiger partial charge in [-0.05, 0) is 5.57 Å². The molecule has 120 valence electrons. The SMILES string of the molecule is CC1C(O)C2OC2C1NCC1=CN(C)C2N=C(N)NC(=O)C12. The van der Waals surface area contributed by atoms with E-state index in [-0.39, 0.29) is 48.1 Å². The van der Waals surface area contributed by atoms with Crippen molar-refractivity contribution in [2.45, 2.75) is 37.4 Å². The van der Waals surface area contributed by atoms with E-state index in [1.807, 2.05) is 25.1 Å². The first-order chi connectivity index (χ1) is 10.5. The molecular formula is C14H21N5O3. The second kappa shape index (κ2) is 4.68. The van der Waals surface area contributed by atoms with Crippen LogP contribution in [0.1, 0.15) is 6.92 Å². The van der Waals surface area contributed by atoms with Gasteiger partial charge in [0.05, 0.1) is 6.10 Å². The van der Waals surface area contributed by atoms with E-state index < -0.39 is 6.10 Å². The van der Waals surface area contributed by atoms with Crippen molar-refractivity contribution in [3.8, 4) is 0 Å². The monoisotopic (exact) mass is 307 g/mol. The lowest BCUT2D eigenvalue weighted by atomic mass is 9.96. The van der Waals surface area contributed by atoms with Crippen LogP contribution < -0.4 is 16.4 Å². The molecule has 0 bridgehead atoms. The Morgan fingerprint density at radius 1 is 1.55 bits per heavy atom. The van der Waals surface area contributed by atoms with E-state index in [1.54, 1.807) is 0 Å². The number of aliphatic hydroxyl groups excluding tert-OH is 1. The lowest BCUT2D eigenvalue weighted by molar-refractivity contribution is -0.124. The third-order valence-corrected chi connectivity index (χ3v) is 5.19. The molecule has 8 nitrogen and oxygen atoms in total.